The van der Waals surface area contributed by atoms with Crippen LogP contribution in [0.1, 0.15) is 24.8 Å². The molecular formula is C13H13N3O4S. The molecule has 0 unspecified atom stereocenters. The molecule has 1 aromatic heterocycles. The first-order valence-electron chi connectivity index (χ1n) is 6.24. The summed E-state index contributed by atoms with van der Waals surface area (Å²) in [6.07, 6.45) is 3.47. The molecule has 0 aromatic carbocycles. The SMILES string of the molecule is COC(=O)CC1(CSc2nccc(C#N)c2[N+](=O)[O-])CC1. The van der Waals surface area contributed by atoms with Gasteiger partial charge in [-0.1, -0.05) is 11.8 Å². The molecule has 1 heterocycles. The Kier molecular flexibility index (Phi) is 4.43. The van der Waals surface area contributed by atoms with E-state index in [4.69, 9.17) is 5.26 Å². The van der Waals surface area contributed by atoms with Gasteiger partial charge in [0.1, 0.15) is 11.6 Å². The van der Waals surface area contributed by atoms with Crippen LogP contribution in [0.5, 0.6) is 0 Å². The second-order valence-electron chi connectivity index (χ2n) is 4.92. The molecule has 0 saturated heterocycles. The number of ether oxygens (including phenoxy) is 1. The highest BCUT2D eigenvalue weighted by Gasteiger charge is 2.45. The summed E-state index contributed by atoms with van der Waals surface area (Å²) in [4.78, 5) is 25.9. The highest BCUT2D eigenvalue weighted by Crippen LogP contribution is 2.52. The van der Waals surface area contributed by atoms with Crippen LogP contribution in [0.25, 0.3) is 0 Å². The summed E-state index contributed by atoms with van der Waals surface area (Å²) in [5.41, 5.74) is -0.426. The Morgan fingerprint density at radius 3 is 2.90 bits per heavy atom. The Morgan fingerprint density at radius 2 is 2.38 bits per heavy atom. The lowest BCUT2D eigenvalue weighted by Crippen LogP contribution is -2.13. The minimum atomic E-state index is -0.590. The van der Waals surface area contributed by atoms with Crippen molar-refractivity contribution in [3.8, 4) is 6.07 Å². The maximum atomic E-state index is 11.4. The Balaban J connectivity index is 2.13. The average molecular weight is 307 g/mol. The number of thioether (sulfide) groups is 1. The first kappa shape index (κ1) is 15.3. The Morgan fingerprint density at radius 1 is 1.67 bits per heavy atom. The molecule has 1 aromatic rings. The van der Waals surface area contributed by atoms with Gasteiger partial charge in [0.2, 0.25) is 0 Å². The van der Waals surface area contributed by atoms with Gasteiger partial charge in [0.05, 0.1) is 18.5 Å². The van der Waals surface area contributed by atoms with Crippen LogP contribution < -0.4 is 0 Å². The number of aromatic nitrogens is 1. The highest BCUT2D eigenvalue weighted by molar-refractivity contribution is 7.99. The van der Waals surface area contributed by atoms with Gasteiger partial charge >= 0.3 is 11.7 Å². The summed E-state index contributed by atoms with van der Waals surface area (Å²) in [6, 6.07) is 3.13. The molecule has 1 aliphatic carbocycles. The molecule has 8 heteroatoms. The van der Waals surface area contributed by atoms with Crippen LogP contribution in [0.3, 0.4) is 0 Å². The first-order chi connectivity index (χ1) is 10.0. The average Bonchev–Trinajstić information content (AvgIpc) is 3.24. The Labute approximate surface area is 125 Å². The standard InChI is InChI=1S/C13H13N3O4S/c1-20-10(17)6-13(3-4-13)8-21-12-11(16(18)19)9(7-14)2-5-15-12/h2,5H,3-4,6,8H2,1H3. The number of methoxy groups -OCH3 is 1. The number of carbonyl (C=O) groups is 1. The van der Waals surface area contributed by atoms with E-state index in [0.29, 0.717) is 12.2 Å². The molecule has 1 fully saturated rings. The van der Waals surface area contributed by atoms with E-state index in [0.717, 1.165) is 12.8 Å². The summed E-state index contributed by atoms with van der Waals surface area (Å²) in [7, 11) is 1.34. The van der Waals surface area contributed by atoms with Crippen LogP contribution in [0.4, 0.5) is 5.69 Å². The molecule has 21 heavy (non-hydrogen) atoms. The molecule has 0 N–H and O–H groups in total. The monoisotopic (exact) mass is 307 g/mol. The van der Waals surface area contributed by atoms with E-state index in [2.05, 4.69) is 9.72 Å². The number of carbonyl (C=O) groups excluding carboxylic acids is 1. The second-order valence-corrected chi connectivity index (χ2v) is 5.89. The van der Waals surface area contributed by atoms with E-state index in [1.165, 1.54) is 31.1 Å². The predicted molar refractivity (Wildman–Crippen MR) is 74.6 cm³/mol. The van der Waals surface area contributed by atoms with E-state index in [9.17, 15) is 14.9 Å². The van der Waals surface area contributed by atoms with Crippen molar-refractivity contribution < 1.29 is 14.5 Å². The van der Waals surface area contributed by atoms with Crippen molar-refractivity contribution in [3.05, 3.63) is 27.9 Å². The lowest BCUT2D eigenvalue weighted by Gasteiger charge is -2.12. The van der Waals surface area contributed by atoms with Crippen molar-refractivity contribution in [1.29, 1.82) is 5.26 Å². The van der Waals surface area contributed by atoms with Gasteiger partial charge in [-0.15, -0.1) is 0 Å². The zero-order valence-corrected chi connectivity index (χ0v) is 12.2. The van der Waals surface area contributed by atoms with Gasteiger partial charge in [-0.05, 0) is 24.3 Å². The highest BCUT2D eigenvalue weighted by atomic mass is 32.2. The van der Waals surface area contributed by atoms with Gasteiger partial charge in [-0.2, -0.15) is 5.26 Å². The lowest BCUT2D eigenvalue weighted by molar-refractivity contribution is -0.388. The maximum Gasteiger partial charge on any atom is 0.318 e. The van der Waals surface area contributed by atoms with Crippen molar-refractivity contribution >= 4 is 23.4 Å². The number of hydrogen-bond acceptors (Lipinski definition) is 7. The summed E-state index contributed by atoms with van der Waals surface area (Å²) >= 11 is 1.22. The zero-order valence-electron chi connectivity index (χ0n) is 11.4. The summed E-state index contributed by atoms with van der Waals surface area (Å²) in [5, 5.41) is 20.2. The van der Waals surface area contributed by atoms with Gasteiger partial charge in [0, 0.05) is 11.9 Å². The number of rotatable bonds is 6. The number of nitrogens with zero attached hydrogens (tertiary/aromatic N) is 3. The van der Waals surface area contributed by atoms with Crippen molar-refractivity contribution in [2.24, 2.45) is 5.41 Å². The number of nitro groups is 1. The molecule has 0 spiro atoms. The van der Waals surface area contributed by atoms with E-state index in [1.54, 1.807) is 6.07 Å². The number of nitriles is 1. The van der Waals surface area contributed by atoms with E-state index in [-0.39, 0.29) is 27.7 Å². The Hall–Kier alpha value is -2.14. The third kappa shape index (κ3) is 3.49. The van der Waals surface area contributed by atoms with Gasteiger partial charge in [0.15, 0.2) is 5.03 Å². The third-order valence-electron chi connectivity index (χ3n) is 3.41. The molecule has 1 aliphatic rings. The normalized spacial score (nSPS) is 15.0. The lowest BCUT2D eigenvalue weighted by atomic mass is 10.1. The van der Waals surface area contributed by atoms with Crippen LogP contribution in [-0.4, -0.2) is 28.7 Å². The zero-order chi connectivity index (χ0) is 15.5. The molecule has 0 bridgehead atoms. The van der Waals surface area contributed by atoms with Crippen LogP contribution >= 0.6 is 11.8 Å². The third-order valence-corrected chi connectivity index (χ3v) is 4.74. The van der Waals surface area contributed by atoms with Crippen LogP contribution in [0.15, 0.2) is 17.3 Å². The molecular weight excluding hydrogens is 294 g/mol. The van der Waals surface area contributed by atoms with E-state index < -0.39 is 4.92 Å². The fourth-order valence-electron chi connectivity index (χ4n) is 1.96. The van der Waals surface area contributed by atoms with E-state index in [1.807, 2.05) is 0 Å². The van der Waals surface area contributed by atoms with Crippen molar-refractivity contribution in [2.75, 3.05) is 12.9 Å². The molecule has 2 rings (SSSR count). The van der Waals surface area contributed by atoms with Gasteiger partial charge in [-0.3, -0.25) is 14.9 Å². The minimum Gasteiger partial charge on any atom is -0.469 e. The fourth-order valence-corrected chi connectivity index (χ4v) is 3.25. The minimum absolute atomic E-state index is 0.00434. The molecule has 0 radical (unpaired) electrons. The van der Waals surface area contributed by atoms with Gasteiger partial charge in [0.25, 0.3) is 0 Å². The topological polar surface area (TPSA) is 106 Å². The first-order valence-corrected chi connectivity index (χ1v) is 7.23. The molecule has 110 valence electrons. The quantitative estimate of drug-likeness (QED) is 0.343. The summed E-state index contributed by atoms with van der Waals surface area (Å²) in [6.45, 7) is 0. The van der Waals surface area contributed by atoms with Crippen molar-refractivity contribution in [1.82, 2.24) is 4.98 Å². The van der Waals surface area contributed by atoms with Crippen LogP contribution in [-0.2, 0) is 9.53 Å². The smallest absolute Gasteiger partial charge is 0.318 e. The van der Waals surface area contributed by atoms with Gasteiger partial charge < -0.3 is 4.74 Å². The molecule has 1 saturated carbocycles. The number of pyridine rings is 1. The molecule has 0 aliphatic heterocycles. The molecule has 0 amide bonds. The maximum absolute atomic E-state index is 11.4. The van der Waals surface area contributed by atoms with Crippen molar-refractivity contribution in [3.63, 3.8) is 0 Å². The predicted octanol–water partition coefficient (Wildman–Crippen LogP) is 2.30. The molecule has 7 nitrogen and oxygen atoms in total. The molecule has 0 atom stereocenters. The summed E-state index contributed by atoms with van der Waals surface area (Å²) < 4.78 is 4.66. The number of esters is 1. The van der Waals surface area contributed by atoms with Crippen molar-refractivity contribution in [2.45, 2.75) is 24.3 Å². The second kappa shape index (κ2) is 6.10. The number of hydrogen-bond donors (Lipinski definition) is 0. The largest absolute Gasteiger partial charge is 0.469 e. The van der Waals surface area contributed by atoms with Crippen LogP contribution in [0.2, 0.25) is 0 Å². The summed E-state index contributed by atoms with van der Waals surface area (Å²) in [5.74, 6) is 0.270. The fraction of sp³-hybridized carbons (Fsp3) is 0.462. The Bertz CT molecular complexity index is 622. The van der Waals surface area contributed by atoms with Gasteiger partial charge in [-0.25, -0.2) is 4.98 Å². The van der Waals surface area contributed by atoms with Crippen LogP contribution in [0, 0.1) is 26.9 Å². The van der Waals surface area contributed by atoms with E-state index >= 15 is 0 Å².